The maximum atomic E-state index is 12.1. The van der Waals surface area contributed by atoms with Gasteiger partial charge in [-0.2, -0.15) is 13.2 Å². The first-order valence-electron chi connectivity index (χ1n) is 7.30. The molecular weight excluding hydrogens is 301 g/mol. The Morgan fingerprint density at radius 1 is 1.09 bits per heavy atom. The van der Waals surface area contributed by atoms with Crippen LogP contribution in [-0.4, -0.2) is 35.9 Å². The number of halogens is 3. The molecule has 0 spiro atoms. The van der Waals surface area contributed by atoms with Gasteiger partial charge in [0, 0.05) is 12.1 Å². The van der Waals surface area contributed by atoms with Gasteiger partial charge in [-0.1, -0.05) is 0 Å². The number of hydrogen-bond donors (Lipinski definition) is 2. The maximum Gasteiger partial charge on any atom is 0.407 e. The lowest BCUT2D eigenvalue weighted by Crippen LogP contribution is -2.47. The molecule has 8 heteroatoms. The van der Waals surface area contributed by atoms with E-state index >= 15 is 0 Å². The Morgan fingerprint density at radius 3 is 2.14 bits per heavy atom. The minimum atomic E-state index is -4.51. The molecule has 0 aromatic carbocycles. The summed E-state index contributed by atoms with van der Waals surface area (Å²) in [7, 11) is 0. The molecule has 5 nitrogen and oxygen atoms in total. The van der Waals surface area contributed by atoms with E-state index in [-0.39, 0.29) is 12.1 Å². The van der Waals surface area contributed by atoms with Gasteiger partial charge in [-0.3, -0.25) is 4.79 Å². The summed E-state index contributed by atoms with van der Waals surface area (Å²) in [5.41, 5.74) is -0.612. The molecule has 128 valence electrons. The number of hydrogen-bond acceptors (Lipinski definition) is 3. The first-order valence-corrected chi connectivity index (χ1v) is 7.30. The fourth-order valence-electron chi connectivity index (χ4n) is 2.39. The van der Waals surface area contributed by atoms with Crippen molar-refractivity contribution < 1.29 is 27.5 Å². The minimum absolute atomic E-state index is 0.209. The van der Waals surface area contributed by atoms with Gasteiger partial charge in [-0.15, -0.1) is 0 Å². The monoisotopic (exact) mass is 324 g/mol. The molecule has 0 aromatic rings. The molecule has 0 bridgehead atoms. The van der Waals surface area contributed by atoms with Crippen molar-refractivity contribution >= 4 is 12.0 Å². The predicted molar refractivity (Wildman–Crippen MR) is 74.2 cm³/mol. The van der Waals surface area contributed by atoms with E-state index in [0.717, 1.165) is 6.42 Å². The molecule has 0 heterocycles. The molecule has 2 N–H and O–H groups in total. The number of carbonyl (C=O) groups excluding carboxylic acids is 2. The number of carbonyl (C=O) groups is 2. The molecule has 1 rings (SSSR count). The SMILES string of the molecule is CC(C)(C)OC(=O)N[C@@H]1CCC[C@@H](NC(=O)CC(F)(F)F)C1. The Hall–Kier alpha value is -1.47. The molecular formula is C14H23F3N2O3. The highest BCUT2D eigenvalue weighted by Crippen LogP contribution is 2.22. The van der Waals surface area contributed by atoms with Gasteiger partial charge in [0.2, 0.25) is 5.91 Å². The summed E-state index contributed by atoms with van der Waals surface area (Å²) in [5, 5.41) is 5.07. The van der Waals surface area contributed by atoms with E-state index in [4.69, 9.17) is 4.74 Å². The topological polar surface area (TPSA) is 67.4 Å². The van der Waals surface area contributed by atoms with Crippen LogP contribution in [0.3, 0.4) is 0 Å². The van der Waals surface area contributed by atoms with Crippen LogP contribution in [0.15, 0.2) is 0 Å². The lowest BCUT2D eigenvalue weighted by molar-refractivity contribution is -0.154. The van der Waals surface area contributed by atoms with Crippen molar-refractivity contribution in [1.82, 2.24) is 10.6 Å². The fraction of sp³-hybridized carbons (Fsp3) is 0.857. The average molecular weight is 324 g/mol. The standard InChI is InChI=1S/C14H23F3N2O3/c1-13(2,3)22-12(21)19-10-6-4-5-9(7-10)18-11(20)8-14(15,16)17/h9-10H,4-8H2,1-3H3,(H,18,20)(H,19,21)/t9-,10-/m1/s1. The van der Waals surface area contributed by atoms with Gasteiger partial charge in [0.05, 0.1) is 0 Å². The molecule has 1 saturated carbocycles. The molecule has 1 aliphatic rings. The number of amides is 2. The second-order valence-electron chi connectivity index (χ2n) is 6.57. The molecule has 2 atom stereocenters. The van der Waals surface area contributed by atoms with E-state index < -0.39 is 30.2 Å². The van der Waals surface area contributed by atoms with Gasteiger partial charge in [0.15, 0.2) is 0 Å². The van der Waals surface area contributed by atoms with Crippen LogP contribution in [0.4, 0.5) is 18.0 Å². The van der Waals surface area contributed by atoms with Gasteiger partial charge in [-0.05, 0) is 46.5 Å². The highest BCUT2D eigenvalue weighted by Gasteiger charge is 2.33. The molecule has 1 fully saturated rings. The predicted octanol–water partition coefficient (Wildman–Crippen LogP) is 2.89. The first kappa shape index (κ1) is 18.6. The van der Waals surface area contributed by atoms with Crippen LogP contribution < -0.4 is 10.6 Å². The second-order valence-corrected chi connectivity index (χ2v) is 6.57. The van der Waals surface area contributed by atoms with E-state index in [0.29, 0.717) is 19.3 Å². The molecule has 0 aliphatic heterocycles. The number of nitrogens with one attached hydrogen (secondary N) is 2. The largest absolute Gasteiger partial charge is 0.444 e. The summed E-state index contributed by atoms with van der Waals surface area (Å²) < 4.78 is 41.5. The van der Waals surface area contributed by atoms with Crippen molar-refractivity contribution in [2.45, 2.75) is 76.7 Å². The lowest BCUT2D eigenvalue weighted by atomic mass is 9.91. The normalized spacial score (nSPS) is 22.8. The van der Waals surface area contributed by atoms with Crippen molar-refractivity contribution in [3.63, 3.8) is 0 Å². The van der Waals surface area contributed by atoms with E-state index in [1.807, 2.05) is 0 Å². The van der Waals surface area contributed by atoms with E-state index in [1.165, 1.54) is 0 Å². The van der Waals surface area contributed by atoms with Crippen LogP contribution in [-0.2, 0) is 9.53 Å². The highest BCUT2D eigenvalue weighted by molar-refractivity contribution is 5.77. The number of alkyl carbamates (subject to hydrolysis) is 1. The van der Waals surface area contributed by atoms with Crippen molar-refractivity contribution in [2.24, 2.45) is 0 Å². The van der Waals surface area contributed by atoms with E-state index in [2.05, 4.69) is 10.6 Å². The van der Waals surface area contributed by atoms with Crippen LogP contribution in [0.2, 0.25) is 0 Å². The summed E-state index contributed by atoms with van der Waals surface area (Å²) in [6, 6.07) is -0.566. The minimum Gasteiger partial charge on any atom is -0.444 e. The van der Waals surface area contributed by atoms with Crippen LogP contribution in [0.1, 0.15) is 52.9 Å². The summed E-state index contributed by atoms with van der Waals surface area (Å²) in [6.45, 7) is 5.23. The van der Waals surface area contributed by atoms with Crippen molar-refractivity contribution in [3.05, 3.63) is 0 Å². The van der Waals surface area contributed by atoms with Crippen molar-refractivity contribution in [1.29, 1.82) is 0 Å². The lowest BCUT2D eigenvalue weighted by Gasteiger charge is -2.31. The number of alkyl halides is 3. The highest BCUT2D eigenvalue weighted by atomic mass is 19.4. The van der Waals surface area contributed by atoms with Crippen LogP contribution >= 0.6 is 0 Å². The third-order valence-corrected chi connectivity index (χ3v) is 3.12. The zero-order valence-corrected chi connectivity index (χ0v) is 13.0. The van der Waals surface area contributed by atoms with Crippen LogP contribution in [0, 0.1) is 0 Å². The van der Waals surface area contributed by atoms with Crippen LogP contribution in [0.5, 0.6) is 0 Å². The molecule has 22 heavy (non-hydrogen) atoms. The number of ether oxygens (including phenoxy) is 1. The van der Waals surface area contributed by atoms with Crippen molar-refractivity contribution in [2.75, 3.05) is 0 Å². The van der Waals surface area contributed by atoms with Gasteiger partial charge in [0.1, 0.15) is 12.0 Å². The summed E-state index contributed by atoms with van der Waals surface area (Å²) in [5.74, 6) is -1.03. The second kappa shape index (κ2) is 7.19. The van der Waals surface area contributed by atoms with Gasteiger partial charge in [0.25, 0.3) is 0 Å². The Labute approximate surface area is 128 Å². The Bertz CT molecular complexity index is 369. The smallest absolute Gasteiger partial charge is 0.407 e. The average Bonchev–Trinajstić information content (AvgIpc) is 2.22. The fourth-order valence-corrected chi connectivity index (χ4v) is 2.39. The zero-order chi connectivity index (χ0) is 17.0. The third kappa shape index (κ3) is 8.09. The maximum absolute atomic E-state index is 12.1. The summed E-state index contributed by atoms with van der Waals surface area (Å²) in [4.78, 5) is 23.0. The summed E-state index contributed by atoms with van der Waals surface area (Å²) in [6.07, 6.45) is -4.10. The molecule has 2 amide bonds. The van der Waals surface area contributed by atoms with Gasteiger partial charge < -0.3 is 15.4 Å². The number of rotatable bonds is 3. The van der Waals surface area contributed by atoms with Crippen molar-refractivity contribution in [3.8, 4) is 0 Å². The molecule has 0 saturated heterocycles. The third-order valence-electron chi connectivity index (χ3n) is 3.12. The van der Waals surface area contributed by atoms with E-state index in [1.54, 1.807) is 20.8 Å². The molecule has 0 unspecified atom stereocenters. The van der Waals surface area contributed by atoms with Crippen LogP contribution in [0.25, 0.3) is 0 Å². The van der Waals surface area contributed by atoms with E-state index in [9.17, 15) is 22.8 Å². The molecule has 1 aliphatic carbocycles. The Morgan fingerprint density at radius 2 is 1.64 bits per heavy atom. The van der Waals surface area contributed by atoms with Gasteiger partial charge in [-0.25, -0.2) is 4.79 Å². The summed E-state index contributed by atoms with van der Waals surface area (Å²) >= 11 is 0. The zero-order valence-electron chi connectivity index (χ0n) is 13.0. The van der Waals surface area contributed by atoms with Gasteiger partial charge >= 0.3 is 12.3 Å². The Kier molecular flexibility index (Phi) is 6.08. The molecule has 0 radical (unpaired) electrons. The quantitative estimate of drug-likeness (QED) is 0.839. The first-order chi connectivity index (χ1) is 9.94. The Balaban J connectivity index is 2.41. The molecule has 0 aromatic heterocycles.